The molecule has 1 fully saturated rings. The molecule has 0 unspecified atom stereocenters. The number of nitrogens with zero attached hydrogens (tertiary/aromatic N) is 2. The number of hydrogen-bond donors (Lipinski definition) is 0. The topological polar surface area (TPSA) is 60.5 Å². The second-order valence-corrected chi connectivity index (χ2v) is 6.76. The molecule has 7 heteroatoms. The summed E-state index contributed by atoms with van der Waals surface area (Å²) in [4.78, 5) is 16.8. The lowest BCUT2D eigenvalue weighted by Gasteiger charge is -2.34. The molecule has 1 aliphatic rings. The van der Waals surface area contributed by atoms with Crippen molar-refractivity contribution in [1.82, 2.24) is 9.80 Å². The van der Waals surface area contributed by atoms with Crippen LogP contribution in [0.2, 0.25) is 0 Å². The molecule has 2 aromatic carbocycles. The van der Waals surface area contributed by atoms with E-state index in [1.165, 1.54) is 0 Å². The fourth-order valence-corrected chi connectivity index (χ4v) is 3.25. The van der Waals surface area contributed by atoms with Gasteiger partial charge in [-0.15, -0.1) is 0 Å². The number of hydrogen-bond acceptors (Lipinski definition) is 6. The number of rotatable bonds is 8. The molecule has 1 saturated heterocycles. The molecular formula is C22H28N2O5. The van der Waals surface area contributed by atoms with Gasteiger partial charge in [0.2, 0.25) is 0 Å². The molecule has 0 atom stereocenters. The predicted octanol–water partition coefficient (Wildman–Crippen LogP) is 2.55. The van der Waals surface area contributed by atoms with Gasteiger partial charge in [-0.2, -0.15) is 0 Å². The smallest absolute Gasteiger partial charge is 0.253 e. The van der Waals surface area contributed by atoms with Gasteiger partial charge in [0.05, 0.1) is 21.3 Å². The number of carbonyl (C=O) groups is 1. The van der Waals surface area contributed by atoms with E-state index >= 15 is 0 Å². The van der Waals surface area contributed by atoms with E-state index in [4.69, 9.17) is 18.9 Å². The molecule has 0 aliphatic carbocycles. The van der Waals surface area contributed by atoms with Crippen LogP contribution < -0.4 is 18.9 Å². The van der Waals surface area contributed by atoms with Gasteiger partial charge in [-0.25, -0.2) is 0 Å². The van der Waals surface area contributed by atoms with E-state index in [0.717, 1.165) is 31.1 Å². The second kappa shape index (κ2) is 10.0. The van der Waals surface area contributed by atoms with Crippen molar-refractivity contribution in [3.05, 3.63) is 48.0 Å². The van der Waals surface area contributed by atoms with Gasteiger partial charge < -0.3 is 23.8 Å². The Morgan fingerprint density at radius 2 is 1.34 bits per heavy atom. The van der Waals surface area contributed by atoms with Crippen molar-refractivity contribution in [3.63, 3.8) is 0 Å². The third kappa shape index (κ3) is 5.54. The van der Waals surface area contributed by atoms with Crippen LogP contribution in [0.5, 0.6) is 23.0 Å². The standard InChI is InChI=1S/C22H28N2O5/c1-26-18-6-4-17(5-7-18)22(25)24-10-8-23(9-11-24)12-13-29-21-15-19(27-2)14-20(16-21)28-3/h4-7,14-16H,8-13H2,1-3H3. The maximum atomic E-state index is 12.6. The number of piperazine rings is 1. The van der Waals surface area contributed by atoms with Crippen molar-refractivity contribution in [3.8, 4) is 23.0 Å². The van der Waals surface area contributed by atoms with Crippen LogP contribution >= 0.6 is 0 Å². The summed E-state index contributed by atoms with van der Waals surface area (Å²) in [6.07, 6.45) is 0. The summed E-state index contributed by atoms with van der Waals surface area (Å²) >= 11 is 0. The van der Waals surface area contributed by atoms with Crippen LogP contribution in [0, 0.1) is 0 Å². The first-order valence-electron chi connectivity index (χ1n) is 9.64. The Labute approximate surface area is 171 Å². The van der Waals surface area contributed by atoms with E-state index < -0.39 is 0 Å². The van der Waals surface area contributed by atoms with Crippen LogP contribution in [-0.4, -0.2) is 76.4 Å². The van der Waals surface area contributed by atoms with Crippen LogP contribution in [0.1, 0.15) is 10.4 Å². The molecule has 2 aromatic rings. The minimum atomic E-state index is 0.0621. The summed E-state index contributed by atoms with van der Waals surface area (Å²) in [6.45, 7) is 4.42. The normalized spacial score (nSPS) is 14.4. The number of amides is 1. The zero-order valence-corrected chi connectivity index (χ0v) is 17.2. The molecule has 0 bridgehead atoms. The first kappa shape index (κ1) is 20.8. The zero-order valence-electron chi connectivity index (χ0n) is 17.2. The fraction of sp³-hybridized carbons (Fsp3) is 0.409. The van der Waals surface area contributed by atoms with Crippen molar-refractivity contribution in [2.45, 2.75) is 0 Å². The van der Waals surface area contributed by atoms with Crippen molar-refractivity contribution in [1.29, 1.82) is 0 Å². The van der Waals surface area contributed by atoms with Crippen LogP contribution in [-0.2, 0) is 0 Å². The summed E-state index contributed by atoms with van der Waals surface area (Å²) in [6, 6.07) is 12.7. The first-order valence-corrected chi connectivity index (χ1v) is 9.64. The van der Waals surface area contributed by atoms with E-state index in [1.807, 2.05) is 47.4 Å². The molecule has 3 rings (SSSR count). The molecule has 1 amide bonds. The molecule has 1 aliphatic heterocycles. The summed E-state index contributed by atoms with van der Waals surface area (Å²) < 4.78 is 21.5. The second-order valence-electron chi connectivity index (χ2n) is 6.76. The van der Waals surface area contributed by atoms with E-state index in [1.54, 1.807) is 21.3 Å². The Morgan fingerprint density at radius 1 is 0.793 bits per heavy atom. The van der Waals surface area contributed by atoms with Crippen molar-refractivity contribution < 1.29 is 23.7 Å². The number of carbonyl (C=O) groups excluding carboxylic acids is 1. The highest BCUT2D eigenvalue weighted by Crippen LogP contribution is 2.27. The van der Waals surface area contributed by atoms with E-state index in [2.05, 4.69) is 4.90 Å². The van der Waals surface area contributed by atoms with E-state index in [0.29, 0.717) is 36.8 Å². The van der Waals surface area contributed by atoms with Gasteiger partial charge in [0.15, 0.2) is 0 Å². The average molecular weight is 400 g/mol. The monoisotopic (exact) mass is 400 g/mol. The number of ether oxygens (including phenoxy) is 4. The Balaban J connectivity index is 1.44. The first-order chi connectivity index (χ1) is 14.1. The largest absolute Gasteiger partial charge is 0.497 e. The molecule has 156 valence electrons. The summed E-state index contributed by atoms with van der Waals surface area (Å²) in [7, 11) is 4.85. The third-order valence-electron chi connectivity index (χ3n) is 5.00. The zero-order chi connectivity index (χ0) is 20.6. The summed E-state index contributed by atoms with van der Waals surface area (Å²) in [5.41, 5.74) is 0.689. The lowest BCUT2D eigenvalue weighted by atomic mass is 10.1. The number of benzene rings is 2. The minimum absolute atomic E-state index is 0.0621. The summed E-state index contributed by atoms with van der Waals surface area (Å²) in [5, 5.41) is 0. The molecule has 0 spiro atoms. The SMILES string of the molecule is COc1ccc(C(=O)N2CCN(CCOc3cc(OC)cc(OC)c3)CC2)cc1. The van der Waals surface area contributed by atoms with Gasteiger partial charge in [0, 0.05) is 56.5 Å². The molecule has 0 saturated carbocycles. The van der Waals surface area contributed by atoms with Crippen molar-refractivity contribution >= 4 is 5.91 Å². The van der Waals surface area contributed by atoms with E-state index in [9.17, 15) is 4.79 Å². The van der Waals surface area contributed by atoms with Gasteiger partial charge in [-0.3, -0.25) is 9.69 Å². The Bertz CT molecular complexity index is 779. The lowest BCUT2D eigenvalue weighted by molar-refractivity contribution is 0.0620. The quantitative estimate of drug-likeness (QED) is 0.679. The molecule has 29 heavy (non-hydrogen) atoms. The van der Waals surface area contributed by atoms with Crippen LogP contribution in [0.4, 0.5) is 0 Å². The maximum absolute atomic E-state index is 12.6. The molecule has 0 aromatic heterocycles. The van der Waals surface area contributed by atoms with Gasteiger partial charge >= 0.3 is 0 Å². The highest BCUT2D eigenvalue weighted by Gasteiger charge is 2.22. The minimum Gasteiger partial charge on any atom is -0.497 e. The highest BCUT2D eigenvalue weighted by atomic mass is 16.5. The highest BCUT2D eigenvalue weighted by molar-refractivity contribution is 5.94. The Kier molecular flexibility index (Phi) is 7.19. The van der Waals surface area contributed by atoms with Gasteiger partial charge in [0.25, 0.3) is 5.91 Å². The Morgan fingerprint density at radius 3 is 1.90 bits per heavy atom. The summed E-state index contributed by atoms with van der Waals surface area (Å²) in [5.74, 6) is 2.93. The maximum Gasteiger partial charge on any atom is 0.253 e. The average Bonchev–Trinajstić information content (AvgIpc) is 2.78. The fourth-order valence-electron chi connectivity index (χ4n) is 3.25. The Hall–Kier alpha value is -2.93. The third-order valence-corrected chi connectivity index (χ3v) is 5.00. The van der Waals surface area contributed by atoms with Crippen LogP contribution in [0.3, 0.4) is 0 Å². The van der Waals surface area contributed by atoms with Crippen molar-refractivity contribution in [2.24, 2.45) is 0 Å². The van der Waals surface area contributed by atoms with Crippen LogP contribution in [0.15, 0.2) is 42.5 Å². The van der Waals surface area contributed by atoms with Gasteiger partial charge in [-0.1, -0.05) is 0 Å². The number of methoxy groups -OCH3 is 3. The van der Waals surface area contributed by atoms with E-state index in [-0.39, 0.29) is 5.91 Å². The van der Waals surface area contributed by atoms with Crippen molar-refractivity contribution in [2.75, 3.05) is 60.7 Å². The molecule has 0 radical (unpaired) electrons. The lowest BCUT2D eigenvalue weighted by Crippen LogP contribution is -2.49. The van der Waals surface area contributed by atoms with Gasteiger partial charge in [0.1, 0.15) is 29.6 Å². The predicted molar refractivity (Wildman–Crippen MR) is 110 cm³/mol. The van der Waals surface area contributed by atoms with Gasteiger partial charge in [-0.05, 0) is 24.3 Å². The molecule has 1 heterocycles. The molecule has 7 nitrogen and oxygen atoms in total. The molecular weight excluding hydrogens is 372 g/mol. The van der Waals surface area contributed by atoms with Crippen LogP contribution in [0.25, 0.3) is 0 Å². The molecule has 0 N–H and O–H groups in total.